The number of nitrogens with zero attached hydrogens (tertiary/aromatic N) is 5. The SMILES string of the molecule is Cc1cc(O)c(C)c(O)c1C(=O)Nc1ccc(Nc2nc(N3C[C@H](N)C[C@H](N)C3)nc(N3C[C@H](N)C[C@H](N)C3)n2)cc1. The number of phenols is 2. The molecule has 12 N–H and O–H groups in total. The molecule has 2 saturated heterocycles. The van der Waals surface area contributed by atoms with Crippen LogP contribution in [0.1, 0.15) is 34.3 Å². The van der Waals surface area contributed by atoms with Crippen molar-refractivity contribution in [3.63, 3.8) is 0 Å². The van der Waals surface area contributed by atoms with E-state index in [4.69, 9.17) is 27.9 Å². The minimum absolute atomic E-state index is 0.0708. The number of nitrogens with two attached hydrogens (primary N) is 4. The van der Waals surface area contributed by atoms with Crippen molar-refractivity contribution >= 4 is 35.1 Å². The quantitative estimate of drug-likeness (QED) is 0.201. The van der Waals surface area contributed by atoms with Crippen LogP contribution in [0.15, 0.2) is 30.3 Å². The summed E-state index contributed by atoms with van der Waals surface area (Å²) in [5, 5.41) is 26.4. The van der Waals surface area contributed by atoms with E-state index in [9.17, 15) is 15.0 Å². The monoisotopic (exact) mass is 577 g/mol. The van der Waals surface area contributed by atoms with Crippen molar-refractivity contribution in [2.24, 2.45) is 22.9 Å². The molecule has 2 aliphatic heterocycles. The lowest BCUT2D eigenvalue weighted by Crippen LogP contribution is -2.54. The van der Waals surface area contributed by atoms with E-state index in [1.165, 1.54) is 6.07 Å². The van der Waals surface area contributed by atoms with Crippen LogP contribution < -0.4 is 43.4 Å². The standard InChI is InChI=1S/C28H39N11O3/c1-14-7-22(40)15(2)24(41)23(14)25(42)33-20-3-5-21(6-4-20)34-26-35-27(38-10-16(29)8-17(30)11-38)37-28(36-26)39-12-18(31)9-19(32)13-39/h3-7,16-19,40-41H,8-13,29-32H2,1-2H3,(H,33,42)(H,34,35,36,37)/t16-,17+,18-,19+. The van der Waals surface area contributed by atoms with Gasteiger partial charge < -0.3 is 53.6 Å². The average molecular weight is 578 g/mol. The number of piperidine rings is 2. The van der Waals surface area contributed by atoms with E-state index >= 15 is 0 Å². The van der Waals surface area contributed by atoms with Crippen LogP contribution in [0.5, 0.6) is 11.5 Å². The van der Waals surface area contributed by atoms with E-state index in [0.29, 0.717) is 61.0 Å². The van der Waals surface area contributed by atoms with Crippen LogP contribution >= 0.6 is 0 Å². The number of anilines is 5. The molecule has 42 heavy (non-hydrogen) atoms. The zero-order chi connectivity index (χ0) is 30.1. The molecule has 0 bridgehead atoms. The van der Waals surface area contributed by atoms with Gasteiger partial charge in [0.05, 0.1) is 5.56 Å². The summed E-state index contributed by atoms with van der Waals surface area (Å²) in [6, 6.07) is 8.04. The van der Waals surface area contributed by atoms with Crippen LogP contribution in [0.3, 0.4) is 0 Å². The minimum atomic E-state index is -0.489. The van der Waals surface area contributed by atoms with Crippen LogP contribution in [0.4, 0.5) is 29.2 Å². The Bertz CT molecular complexity index is 1390. The number of aromatic nitrogens is 3. The third kappa shape index (κ3) is 6.46. The van der Waals surface area contributed by atoms with Gasteiger partial charge in [-0.15, -0.1) is 0 Å². The van der Waals surface area contributed by atoms with E-state index in [1.807, 2.05) is 9.80 Å². The molecule has 14 heteroatoms. The van der Waals surface area contributed by atoms with Crippen molar-refractivity contribution in [1.82, 2.24) is 15.0 Å². The molecular formula is C28H39N11O3. The molecule has 2 aromatic carbocycles. The number of rotatable bonds is 6. The van der Waals surface area contributed by atoms with Crippen LogP contribution in [-0.2, 0) is 0 Å². The lowest BCUT2D eigenvalue weighted by atomic mass is 10.0. The van der Waals surface area contributed by atoms with Crippen molar-refractivity contribution < 1.29 is 15.0 Å². The van der Waals surface area contributed by atoms with Gasteiger partial charge in [0, 0.05) is 67.3 Å². The van der Waals surface area contributed by atoms with Gasteiger partial charge in [-0.2, -0.15) is 15.0 Å². The molecule has 0 saturated carbocycles. The maximum atomic E-state index is 12.9. The van der Waals surface area contributed by atoms with E-state index in [-0.39, 0.29) is 46.8 Å². The Balaban J connectivity index is 1.37. The predicted octanol–water partition coefficient (Wildman–Crippen LogP) is 0.625. The minimum Gasteiger partial charge on any atom is -0.508 e. The fourth-order valence-electron chi connectivity index (χ4n) is 5.50. The number of hydrogen-bond donors (Lipinski definition) is 8. The summed E-state index contributed by atoms with van der Waals surface area (Å²) in [4.78, 5) is 31.0. The first-order valence-corrected chi connectivity index (χ1v) is 14.0. The molecule has 224 valence electrons. The second-order valence-corrected chi connectivity index (χ2v) is 11.3. The fraction of sp³-hybridized carbons (Fsp3) is 0.429. The predicted molar refractivity (Wildman–Crippen MR) is 162 cm³/mol. The molecule has 2 fully saturated rings. The summed E-state index contributed by atoms with van der Waals surface area (Å²) in [5.41, 5.74) is 27.0. The molecule has 0 unspecified atom stereocenters. The van der Waals surface area contributed by atoms with Gasteiger partial charge in [0.2, 0.25) is 17.8 Å². The van der Waals surface area contributed by atoms with Crippen molar-refractivity contribution in [3.8, 4) is 11.5 Å². The second-order valence-electron chi connectivity index (χ2n) is 11.3. The van der Waals surface area contributed by atoms with Gasteiger partial charge in [0.15, 0.2) is 0 Å². The highest BCUT2D eigenvalue weighted by Gasteiger charge is 2.29. The van der Waals surface area contributed by atoms with Gasteiger partial charge in [0.25, 0.3) is 5.91 Å². The topological polar surface area (TPSA) is 231 Å². The van der Waals surface area contributed by atoms with E-state index in [2.05, 4.69) is 20.6 Å². The van der Waals surface area contributed by atoms with Crippen molar-refractivity contribution in [1.29, 1.82) is 0 Å². The maximum Gasteiger partial charge on any atom is 0.259 e. The largest absolute Gasteiger partial charge is 0.508 e. The molecule has 0 aliphatic carbocycles. The first-order chi connectivity index (χ1) is 20.0. The zero-order valence-electron chi connectivity index (χ0n) is 23.8. The molecule has 14 nitrogen and oxygen atoms in total. The van der Waals surface area contributed by atoms with Crippen molar-refractivity contribution in [3.05, 3.63) is 47.0 Å². The summed E-state index contributed by atoms with van der Waals surface area (Å²) in [7, 11) is 0. The third-order valence-corrected chi connectivity index (χ3v) is 7.56. The van der Waals surface area contributed by atoms with Crippen molar-refractivity contribution in [2.75, 3.05) is 46.6 Å². The number of carbonyl (C=O) groups is 1. The number of benzene rings is 2. The molecule has 2 aliphatic rings. The van der Waals surface area contributed by atoms with Gasteiger partial charge in [-0.1, -0.05) is 0 Å². The summed E-state index contributed by atoms with van der Waals surface area (Å²) >= 11 is 0. The van der Waals surface area contributed by atoms with Crippen LogP contribution in [0.2, 0.25) is 0 Å². The Kier molecular flexibility index (Phi) is 8.31. The molecule has 5 rings (SSSR count). The highest BCUT2D eigenvalue weighted by molar-refractivity contribution is 6.07. The Labute approximate surface area is 244 Å². The number of aromatic hydroxyl groups is 2. The van der Waals surface area contributed by atoms with E-state index in [0.717, 1.165) is 12.8 Å². The number of hydrogen-bond acceptors (Lipinski definition) is 13. The van der Waals surface area contributed by atoms with Gasteiger partial charge in [-0.3, -0.25) is 4.79 Å². The van der Waals surface area contributed by atoms with Gasteiger partial charge in [0.1, 0.15) is 11.5 Å². The first kappa shape index (κ1) is 29.3. The Morgan fingerprint density at radius 3 is 1.79 bits per heavy atom. The molecule has 4 atom stereocenters. The fourth-order valence-corrected chi connectivity index (χ4v) is 5.50. The summed E-state index contributed by atoms with van der Waals surface area (Å²) in [6.07, 6.45) is 1.45. The number of amides is 1. The normalized spacial score (nSPS) is 22.6. The van der Waals surface area contributed by atoms with Gasteiger partial charge >= 0.3 is 0 Å². The Morgan fingerprint density at radius 1 is 0.810 bits per heavy atom. The Hall–Kier alpha value is -4.24. The molecule has 3 aromatic rings. The second kappa shape index (κ2) is 11.9. The number of nitrogens with one attached hydrogen (secondary N) is 2. The number of carbonyl (C=O) groups excluding carboxylic acids is 1. The third-order valence-electron chi connectivity index (χ3n) is 7.56. The van der Waals surface area contributed by atoms with Crippen LogP contribution in [0, 0.1) is 13.8 Å². The van der Waals surface area contributed by atoms with Gasteiger partial charge in [-0.25, -0.2) is 0 Å². The highest BCUT2D eigenvalue weighted by atomic mass is 16.3. The molecule has 0 spiro atoms. The summed E-state index contributed by atoms with van der Waals surface area (Å²) in [6.45, 7) is 5.47. The molecule has 1 amide bonds. The number of aryl methyl sites for hydroxylation is 1. The lowest BCUT2D eigenvalue weighted by Gasteiger charge is -2.37. The highest BCUT2D eigenvalue weighted by Crippen LogP contribution is 2.33. The van der Waals surface area contributed by atoms with Crippen LogP contribution in [-0.4, -0.2) is 81.4 Å². The summed E-state index contributed by atoms with van der Waals surface area (Å²) < 4.78 is 0. The Morgan fingerprint density at radius 2 is 1.29 bits per heavy atom. The van der Waals surface area contributed by atoms with Crippen molar-refractivity contribution in [2.45, 2.75) is 50.9 Å². The first-order valence-electron chi connectivity index (χ1n) is 14.0. The molecule has 1 aromatic heterocycles. The molecular weight excluding hydrogens is 538 g/mol. The maximum absolute atomic E-state index is 12.9. The van der Waals surface area contributed by atoms with Crippen LogP contribution in [0.25, 0.3) is 0 Å². The molecule has 3 heterocycles. The average Bonchev–Trinajstić information content (AvgIpc) is 2.91. The molecule has 0 radical (unpaired) electrons. The number of phenolic OH excluding ortho intramolecular Hbond substituents is 2. The van der Waals surface area contributed by atoms with E-state index < -0.39 is 5.91 Å². The smallest absolute Gasteiger partial charge is 0.259 e. The zero-order valence-corrected chi connectivity index (χ0v) is 23.8. The lowest BCUT2D eigenvalue weighted by molar-refractivity contribution is 0.102. The van der Waals surface area contributed by atoms with Gasteiger partial charge in [-0.05, 0) is 62.6 Å². The summed E-state index contributed by atoms with van der Waals surface area (Å²) in [5.74, 6) is 0.437. The van der Waals surface area contributed by atoms with E-state index in [1.54, 1.807) is 38.1 Å².